The Kier molecular flexibility index (Phi) is 4.01. The number of anilines is 1. The molecule has 0 aliphatic carbocycles. The van der Waals surface area contributed by atoms with Crippen LogP contribution in [0, 0.1) is 0 Å². The van der Waals surface area contributed by atoms with Crippen LogP contribution in [-0.4, -0.2) is 28.6 Å². The highest BCUT2D eigenvalue weighted by Gasteiger charge is 2.58. The van der Waals surface area contributed by atoms with Gasteiger partial charge in [-0.05, 0) is 36.2 Å². The van der Waals surface area contributed by atoms with Gasteiger partial charge in [-0.25, -0.2) is 0 Å². The molecule has 2 aromatic carbocycles. The number of hydrogen-bond acceptors (Lipinski definition) is 3. The van der Waals surface area contributed by atoms with E-state index >= 15 is 0 Å². The maximum absolute atomic E-state index is 13.3. The lowest BCUT2D eigenvalue weighted by Crippen LogP contribution is -2.52. The average Bonchev–Trinajstić information content (AvgIpc) is 3.10. The highest BCUT2D eigenvalue weighted by molar-refractivity contribution is 8.02. The molecule has 25 heavy (non-hydrogen) atoms. The van der Waals surface area contributed by atoms with Gasteiger partial charge in [0.2, 0.25) is 5.91 Å². The van der Waals surface area contributed by atoms with Crippen LogP contribution in [0.2, 0.25) is 5.02 Å². The van der Waals surface area contributed by atoms with E-state index in [0.29, 0.717) is 24.4 Å². The van der Waals surface area contributed by atoms with Gasteiger partial charge in [0.05, 0.1) is 5.69 Å². The summed E-state index contributed by atoms with van der Waals surface area (Å²) in [5.41, 5.74) is 1.82. The summed E-state index contributed by atoms with van der Waals surface area (Å²) in [5, 5.41) is 0.650. The molecular weight excluding hydrogens is 356 g/mol. The molecule has 0 spiro atoms. The van der Waals surface area contributed by atoms with E-state index in [1.165, 1.54) is 11.8 Å². The number of halogens is 1. The maximum Gasteiger partial charge on any atom is 0.259 e. The van der Waals surface area contributed by atoms with Crippen LogP contribution >= 0.6 is 23.4 Å². The van der Waals surface area contributed by atoms with E-state index in [-0.39, 0.29) is 11.8 Å². The molecule has 0 radical (unpaired) electrons. The van der Waals surface area contributed by atoms with Crippen molar-refractivity contribution < 1.29 is 9.59 Å². The molecule has 6 heteroatoms. The normalized spacial score (nSPS) is 21.2. The fourth-order valence-electron chi connectivity index (χ4n) is 3.56. The van der Waals surface area contributed by atoms with E-state index in [1.54, 1.807) is 16.8 Å². The second-order valence-corrected chi connectivity index (χ2v) is 8.13. The number of amides is 2. The Morgan fingerprint density at radius 2 is 2.08 bits per heavy atom. The smallest absolute Gasteiger partial charge is 0.259 e. The largest absolute Gasteiger partial charge is 0.339 e. The number of carbonyl (C=O) groups is 2. The summed E-state index contributed by atoms with van der Waals surface area (Å²) < 4.78 is 0. The summed E-state index contributed by atoms with van der Waals surface area (Å²) >= 11 is 7.54. The molecule has 1 saturated heterocycles. The molecule has 0 N–H and O–H groups in total. The van der Waals surface area contributed by atoms with Gasteiger partial charge in [0.25, 0.3) is 5.91 Å². The van der Waals surface area contributed by atoms with Gasteiger partial charge in [-0.15, -0.1) is 0 Å². The van der Waals surface area contributed by atoms with Crippen molar-refractivity contribution >= 4 is 40.9 Å². The SMILES string of the molecule is CN(Cc1cccc(Cl)c1)C(=O)C12CCC(=O)N1c1ccccc1S2. The third kappa shape index (κ3) is 2.62. The van der Waals surface area contributed by atoms with Crippen LogP contribution in [0.15, 0.2) is 53.4 Å². The molecule has 2 aliphatic rings. The van der Waals surface area contributed by atoms with E-state index < -0.39 is 4.87 Å². The Bertz CT molecular complexity index is 872. The third-order valence-electron chi connectivity index (χ3n) is 4.66. The zero-order valence-corrected chi connectivity index (χ0v) is 15.3. The molecule has 0 bridgehead atoms. The zero-order valence-electron chi connectivity index (χ0n) is 13.7. The Morgan fingerprint density at radius 1 is 1.28 bits per heavy atom. The summed E-state index contributed by atoms with van der Waals surface area (Å²) in [4.78, 5) is 29.3. The molecule has 2 heterocycles. The first kappa shape index (κ1) is 16.5. The molecule has 0 aromatic heterocycles. The lowest BCUT2D eigenvalue weighted by molar-refractivity contribution is -0.133. The number of likely N-dealkylation sites (N-methyl/N-ethyl adjacent to an activating group) is 1. The predicted octanol–water partition coefficient (Wildman–Crippen LogP) is 3.93. The molecular formula is C19H17ClN2O2S. The minimum absolute atomic E-state index is 0.0157. The first-order valence-electron chi connectivity index (χ1n) is 8.12. The molecule has 2 aliphatic heterocycles. The molecule has 1 atom stereocenters. The van der Waals surface area contributed by atoms with Crippen LogP contribution < -0.4 is 4.90 Å². The minimum atomic E-state index is -0.853. The lowest BCUT2D eigenvalue weighted by atomic mass is 10.1. The fraction of sp³-hybridized carbons (Fsp3) is 0.263. The fourth-order valence-corrected chi connectivity index (χ4v) is 5.29. The number of fused-ring (bicyclic) bond motifs is 3. The Morgan fingerprint density at radius 3 is 2.88 bits per heavy atom. The van der Waals surface area contributed by atoms with Gasteiger partial charge < -0.3 is 4.90 Å². The van der Waals surface area contributed by atoms with E-state index in [1.807, 2.05) is 48.5 Å². The summed E-state index contributed by atoms with van der Waals surface area (Å²) in [5.74, 6) is -0.0264. The predicted molar refractivity (Wildman–Crippen MR) is 99.7 cm³/mol. The van der Waals surface area contributed by atoms with E-state index in [0.717, 1.165) is 16.1 Å². The van der Waals surface area contributed by atoms with Crippen molar-refractivity contribution in [3.63, 3.8) is 0 Å². The number of nitrogens with zero attached hydrogens (tertiary/aromatic N) is 2. The Balaban J connectivity index is 1.64. The average molecular weight is 373 g/mol. The van der Waals surface area contributed by atoms with Crippen LogP contribution in [-0.2, 0) is 16.1 Å². The zero-order chi connectivity index (χ0) is 17.6. The summed E-state index contributed by atoms with van der Waals surface area (Å²) in [7, 11) is 1.78. The number of benzene rings is 2. The van der Waals surface area contributed by atoms with Crippen molar-refractivity contribution in [3.8, 4) is 0 Å². The summed E-state index contributed by atoms with van der Waals surface area (Å²) in [6, 6.07) is 15.2. The van der Waals surface area contributed by atoms with Crippen LogP contribution in [0.3, 0.4) is 0 Å². The monoisotopic (exact) mass is 372 g/mol. The molecule has 0 saturated carbocycles. The molecule has 2 aromatic rings. The third-order valence-corrected chi connectivity index (χ3v) is 6.36. The lowest BCUT2D eigenvalue weighted by Gasteiger charge is -2.33. The van der Waals surface area contributed by atoms with Crippen molar-refractivity contribution in [1.82, 2.24) is 4.90 Å². The van der Waals surface area contributed by atoms with E-state index in [9.17, 15) is 9.59 Å². The molecule has 4 nitrogen and oxygen atoms in total. The summed E-state index contributed by atoms with van der Waals surface area (Å²) in [6.45, 7) is 0.458. The highest BCUT2D eigenvalue weighted by atomic mass is 35.5. The van der Waals surface area contributed by atoms with Crippen molar-refractivity contribution in [2.24, 2.45) is 0 Å². The number of hydrogen-bond donors (Lipinski definition) is 0. The van der Waals surface area contributed by atoms with Crippen LogP contribution in [0.1, 0.15) is 18.4 Å². The van der Waals surface area contributed by atoms with Crippen molar-refractivity contribution in [3.05, 3.63) is 59.1 Å². The van der Waals surface area contributed by atoms with Gasteiger partial charge in [0.1, 0.15) is 0 Å². The van der Waals surface area contributed by atoms with Crippen molar-refractivity contribution in [2.75, 3.05) is 11.9 Å². The van der Waals surface area contributed by atoms with Crippen molar-refractivity contribution in [2.45, 2.75) is 29.2 Å². The number of thioether (sulfide) groups is 1. The van der Waals surface area contributed by atoms with Crippen LogP contribution in [0.5, 0.6) is 0 Å². The minimum Gasteiger partial charge on any atom is -0.339 e. The quantitative estimate of drug-likeness (QED) is 0.819. The van der Waals surface area contributed by atoms with E-state index in [2.05, 4.69) is 0 Å². The number of rotatable bonds is 3. The first-order chi connectivity index (χ1) is 12.0. The molecule has 4 rings (SSSR count). The topological polar surface area (TPSA) is 40.6 Å². The van der Waals surface area contributed by atoms with Gasteiger partial charge in [-0.2, -0.15) is 0 Å². The van der Waals surface area contributed by atoms with Gasteiger partial charge >= 0.3 is 0 Å². The standard InChI is InChI=1S/C19H17ClN2O2S/c1-21(12-13-5-4-6-14(20)11-13)18(24)19-10-9-17(23)22(19)15-7-2-3-8-16(15)25-19/h2-8,11H,9-10,12H2,1H3. The molecule has 1 fully saturated rings. The van der Waals surface area contributed by atoms with Crippen LogP contribution in [0.25, 0.3) is 0 Å². The van der Waals surface area contributed by atoms with Gasteiger partial charge in [-0.1, -0.05) is 47.6 Å². The molecule has 128 valence electrons. The molecule has 2 amide bonds. The number of para-hydroxylation sites is 1. The van der Waals surface area contributed by atoms with Gasteiger partial charge in [0, 0.05) is 29.9 Å². The number of carbonyl (C=O) groups excluding carboxylic acids is 2. The molecule has 1 unspecified atom stereocenters. The van der Waals surface area contributed by atoms with Gasteiger partial charge in [-0.3, -0.25) is 14.5 Å². The van der Waals surface area contributed by atoms with Crippen molar-refractivity contribution in [1.29, 1.82) is 0 Å². The Hall–Kier alpha value is -1.98. The summed E-state index contributed by atoms with van der Waals surface area (Å²) in [6.07, 6.45) is 0.933. The van der Waals surface area contributed by atoms with Gasteiger partial charge in [0.15, 0.2) is 4.87 Å². The highest BCUT2D eigenvalue weighted by Crippen LogP contribution is 2.56. The second kappa shape index (κ2) is 6.07. The Labute approximate surface area is 155 Å². The van der Waals surface area contributed by atoms with E-state index in [4.69, 9.17) is 11.6 Å². The first-order valence-corrected chi connectivity index (χ1v) is 9.32. The van der Waals surface area contributed by atoms with Crippen LogP contribution in [0.4, 0.5) is 5.69 Å². The maximum atomic E-state index is 13.3. The second-order valence-electron chi connectivity index (χ2n) is 6.37.